The molecular formula is C11H7ClFNO2. The second kappa shape index (κ2) is 5.29. The lowest BCUT2D eigenvalue weighted by atomic mass is 10.1. The highest BCUT2D eigenvalue weighted by molar-refractivity contribution is 6.33. The van der Waals surface area contributed by atoms with Crippen LogP contribution in [0.3, 0.4) is 0 Å². The van der Waals surface area contributed by atoms with E-state index in [0.717, 1.165) is 6.07 Å². The van der Waals surface area contributed by atoms with Crippen LogP contribution in [0.15, 0.2) is 18.2 Å². The Hall–Kier alpha value is -1.86. The van der Waals surface area contributed by atoms with Crippen LogP contribution in [0.25, 0.3) is 6.08 Å². The first-order chi connectivity index (χ1) is 7.56. The van der Waals surface area contributed by atoms with Gasteiger partial charge in [0.2, 0.25) is 0 Å². The Bertz CT molecular complexity index is 491. The maximum atomic E-state index is 13.4. The summed E-state index contributed by atoms with van der Waals surface area (Å²) in [7, 11) is 0. The molecule has 1 N–H and O–H groups in total. The maximum Gasteiger partial charge on any atom is 0.337 e. The van der Waals surface area contributed by atoms with Crippen LogP contribution in [0, 0.1) is 17.1 Å². The van der Waals surface area contributed by atoms with Gasteiger partial charge in [-0.2, -0.15) is 5.26 Å². The molecule has 0 aromatic heterocycles. The number of nitrogens with zero attached hydrogens (tertiary/aromatic N) is 1. The van der Waals surface area contributed by atoms with Gasteiger partial charge in [0.05, 0.1) is 23.1 Å². The quantitative estimate of drug-likeness (QED) is 0.882. The molecule has 1 rings (SSSR count). The third-order valence-corrected chi connectivity index (χ3v) is 2.14. The highest BCUT2D eigenvalue weighted by Crippen LogP contribution is 2.22. The monoisotopic (exact) mass is 239 g/mol. The largest absolute Gasteiger partial charge is 0.478 e. The summed E-state index contributed by atoms with van der Waals surface area (Å²) in [5.74, 6) is -1.97. The van der Waals surface area contributed by atoms with Crippen molar-refractivity contribution < 1.29 is 14.3 Å². The van der Waals surface area contributed by atoms with Gasteiger partial charge in [0, 0.05) is 5.56 Å². The van der Waals surface area contributed by atoms with Crippen LogP contribution in [0.2, 0.25) is 5.02 Å². The summed E-state index contributed by atoms with van der Waals surface area (Å²) < 4.78 is 13.4. The Balaban J connectivity index is 3.11. The zero-order chi connectivity index (χ0) is 12.1. The summed E-state index contributed by atoms with van der Waals surface area (Å²) in [6.45, 7) is 0. The average molecular weight is 240 g/mol. The van der Waals surface area contributed by atoms with E-state index in [9.17, 15) is 9.18 Å². The molecule has 0 fully saturated rings. The molecule has 0 amide bonds. The fraction of sp³-hybridized carbons (Fsp3) is 0.0909. The number of carboxylic acids is 1. The van der Waals surface area contributed by atoms with E-state index < -0.39 is 11.8 Å². The molecule has 1 aromatic rings. The van der Waals surface area contributed by atoms with Gasteiger partial charge in [-0.3, -0.25) is 0 Å². The summed E-state index contributed by atoms with van der Waals surface area (Å²) >= 11 is 5.66. The van der Waals surface area contributed by atoms with Crippen LogP contribution >= 0.6 is 11.6 Å². The second-order valence-corrected chi connectivity index (χ2v) is 3.33. The smallest absolute Gasteiger partial charge is 0.337 e. The Labute approximate surface area is 96.4 Å². The number of halogens is 2. The number of aromatic carboxylic acids is 1. The van der Waals surface area contributed by atoms with Gasteiger partial charge in [-0.25, -0.2) is 9.18 Å². The molecule has 0 aliphatic heterocycles. The summed E-state index contributed by atoms with van der Waals surface area (Å²) in [5.41, 5.74) is -0.123. The molecule has 16 heavy (non-hydrogen) atoms. The van der Waals surface area contributed by atoms with Crippen molar-refractivity contribution in [2.75, 3.05) is 0 Å². The Morgan fingerprint density at radius 2 is 2.31 bits per heavy atom. The van der Waals surface area contributed by atoms with Crippen molar-refractivity contribution in [3.63, 3.8) is 0 Å². The van der Waals surface area contributed by atoms with Crippen molar-refractivity contribution in [1.29, 1.82) is 5.26 Å². The van der Waals surface area contributed by atoms with Crippen LogP contribution in [0.4, 0.5) is 4.39 Å². The molecule has 5 heteroatoms. The van der Waals surface area contributed by atoms with E-state index >= 15 is 0 Å². The van der Waals surface area contributed by atoms with E-state index in [-0.39, 0.29) is 22.6 Å². The average Bonchev–Trinajstić information content (AvgIpc) is 2.22. The SMILES string of the molecule is N#CCC=Cc1cc(Cl)c(C(=O)O)cc1F. The summed E-state index contributed by atoms with van der Waals surface area (Å²) in [6, 6.07) is 3.94. The third kappa shape index (κ3) is 2.81. The van der Waals surface area contributed by atoms with Crippen molar-refractivity contribution in [3.8, 4) is 6.07 Å². The number of rotatable bonds is 3. The van der Waals surface area contributed by atoms with E-state index in [1.165, 1.54) is 18.2 Å². The molecule has 0 atom stereocenters. The number of nitriles is 1. The minimum absolute atomic E-state index is 0.0366. The third-order valence-electron chi connectivity index (χ3n) is 1.82. The zero-order valence-corrected chi connectivity index (χ0v) is 8.83. The van der Waals surface area contributed by atoms with E-state index in [4.69, 9.17) is 22.0 Å². The second-order valence-electron chi connectivity index (χ2n) is 2.92. The first-order valence-corrected chi connectivity index (χ1v) is 4.70. The van der Waals surface area contributed by atoms with Crippen molar-refractivity contribution >= 4 is 23.6 Å². The van der Waals surface area contributed by atoms with Gasteiger partial charge in [-0.05, 0) is 12.1 Å². The molecular weight excluding hydrogens is 233 g/mol. The van der Waals surface area contributed by atoms with Gasteiger partial charge in [0.1, 0.15) is 5.82 Å². The minimum atomic E-state index is -1.28. The fourth-order valence-electron chi connectivity index (χ4n) is 1.09. The number of hydrogen-bond acceptors (Lipinski definition) is 2. The minimum Gasteiger partial charge on any atom is -0.478 e. The molecule has 0 aliphatic rings. The topological polar surface area (TPSA) is 61.1 Å². The zero-order valence-electron chi connectivity index (χ0n) is 8.08. The maximum absolute atomic E-state index is 13.4. The van der Waals surface area contributed by atoms with Crippen LogP contribution in [0.5, 0.6) is 0 Å². The summed E-state index contributed by atoms with van der Waals surface area (Å²) in [4.78, 5) is 10.6. The molecule has 1 aromatic carbocycles. The lowest BCUT2D eigenvalue weighted by molar-refractivity contribution is 0.0696. The highest BCUT2D eigenvalue weighted by atomic mass is 35.5. The molecule has 0 heterocycles. The predicted molar refractivity (Wildman–Crippen MR) is 57.6 cm³/mol. The van der Waals surface area contributed by atoms with Crippen LogP contribution in [-0.2, 0) is 0 Å². The number of benzene rings is 1. The molecule has 82 valence electrons. The number of hydrogen-bond donors (Lipinski definition) is 1. The molecule has 0 bridgehead atoms. The predicted octanol–water partition coefficient (Wildman–Crippen LogP) is 3.10. The van der Waals surface area contributed by atoms with Gasteiger partial charge >= 0.3 is 5.97 Å². The molecule has 0 aliphatic carbocycles. The molecule has 0 spiro atoms. The molecule has 0 unspecified atom stereocenters. The standard InChI is InChI=1S/C11H7ClFNO2/c12-9-5-7(3-1-2-4-14)10(13)6-8(9)11(15)16/h1,3,5-6H,2H2,(H,15,16). The van der Waals surface area contributed by atoms with E-state index in [1.807, 2.05) is 6.07 Å². The van der Waals surface area contributed by atoms with Gasteiger partial charge in [-0.15, -0.1) is 0 Å². The Kier molecular flexibility index (Phi) is 4.03. The Morgan fingerprint density at radius 1 is 1.62 bits per heavy atom. The van der Waals surface area contributed by atoms with E-state index in [2.05, 4.69) is 0 Å². The van der Waals surface area contributed by atoms with E-state index in [0.29, 0.717) is 0 Å². The summed E-state index contributed by atoms with van der Waals surface area (Å²) in [5, 5.41) is 16.9. The lowest BCUT2D eigenvalue weighted by Crippen LogP contribution is -1.99. The lowest BCUT2D eigenvalue weighted by Gasteiger charge is -2.02. The van der Waals surface area contributed by atoms with Crippen molar-refractivity contribution in [3.05, 3.63) is 40.2 Å². The van der Waals surface area contributed by atoms with E-state index in [1.54, 1.807) is 0 Å². The van der Waals surface area contributed by atoms with Gasteiger partial charge < -0.3 is 5.11 Å². The number of carbonyl (C=O) groups is 1. The van der Waals surface area contributed by atoms with Gasteiger partial charge in [0.25, 0.3) is 0 Å². The van der Waals surface area contributed by atoms with Gasteiger partial charge in [0.15, 0.2) is 0 Å². The van der Waals surface area contributed by atoms with Crippen LogP contribution in [0.1, 0.15) is 22.3 Å². The highest BCUT2D eigenvalue weighted by Gasteiger charge is 2.12. The van der Waals surface area contributed by atoms with Crippen LogP contribution < -0.4 is 0 Å². The molecule has 0 radical (unpaired) electrons. The Morgan fingerprint density at radius 3 is 2.88 bits per heavy atom. The first-order valence-electron chi connectivity index (χ1n) is 4.32. The first kappa shape index (κ1) is 12.2. The molecule has 0 saturated carbocycles. The van der Waals surface area contributed by atoms with Crippen molar-refractivity contribution in [1.82, 2.24) is 0 Å². The normalized spacial score (nSPS) is 10.3. The van der Waals surface area contributed by atoms with Crippen LogP contribution in [-0.4, -0.2) is 11.1 Å². The summed E-state index contributed by atoms with van der Waals surface area (Å²) in [6.07, 6.45) is 3.00. The molecule has 0 saturated heterocycles. The van der Waals surface area contributed by atoms with Crippen molar-refractivity contribution in [2.24, 2.45) is 0 Å². The fourth-order valence-corrected chi connectivity index (χ4v) is 1.35. The molecule has 3 nitrogen and oxygen atoms in total. The van der Waals surface area contributed by atoms with Gasteiger partial charge in [-0.1, -0.05) is 23.8 Å². The number of allylic oxidation sites excluding steroid dienone is 1. The van der Waals surface area contributed by atoms with Crippen molar-refractivity contribution in [2.45, 2.75) is 6.42 Å². The number of carboxylic acid groups (broad SMARTS) is 1.